The fraction of sp³-hybridized carbons (Fsp3) is 0.412. The average Bonchev–Trinajstić information content (AvgIpc) is 2.87. The molecule has 2 heteroatoms. The molecule has 0 aliphatic heterocycles. The van der Waals surface area contributed by atoms with Gasteiger partial charge >= 0.3 is 0 Å². The number of aliphatic hydroxyl groups excluding tert-OH is 1. The van der Waals surface area contributed by atoms with Crippen molar-refractivity contribution in [1.29, 1.82) is 0 Å². The van der Waals surface area contributed by atoms with E-state index in [4.69, 9.17) is 0 Å². The van der Waals surface area contributed by atoms with E-state index in [2.05, 4.69) is 47.1 Å². The fourth-order valence-corrected chi connectivity index (χ4v) is 3.83. The molecule has 1 N–H and O–H groups in total. The van der Waals surface area contributed by atoms with E-state index in [1.54, 1.807) is 0 Å². The highest BCUT2D eigenvalue weighted by molar-refractivity contribution is 9.10. The molecule has 1 atom stereocenters. The van der Waals surface area contributed by atoms with Gasteiger partial charge in [-0.25, -0.2) is 0 Å². The largest absolute Gasteiger partial charge is 0.388 e. The Kier molecular flexibility index (Phi) is 3.40. The lowest BCUT2D eigenvalue weighted by atomic mass is 9.78. The second-order valence-corrected chi connectivity index (χ2v) is 6.80. The molecule has 0 radical (unpaired) electrons. The van der Waals surface area contributed by atoms with E-state index in [-0.39, 0.29) is 11.5 Å². The quantitative estimate of drug-likeness (QED) is 0.805. The molecular formula is C17H19BrO. The third-order valence-corrected chi connectivity index (χ3v) is 5.30. The van der Waals surface area contributed by atoms with Crippen molar-refractivity contribution in [3.63, 3.8) is 0 Å². The summed E-state index contributed by atoms with van der Waals surface area (Å²) in [6, 6.07) is 12.4. The van der Waals surface area contributed by atoms with E-state index in [0.29, 0.717) is 0 Å². The minimum atomic E-state index is -0.368. The maximum absolute atomic E-state index is 10.9. The molecule has 1 aliphatic carbocycles. The lowest BCUT2D eigenvalue weighted by Gasteiger charge is -2.31. The smallest absolute Gasteiger partial charge is 0.0849 e. The van der Waals surface area contributed by atoms with Crippen molar-refractivity contribution in [3.8, 4) is 0 Å². The lowest BCUT2D eigenvalue weighted by Crippen LogP contribution is -2.22. The fourth-order valence-electron chi connectivity index (χ4n) is 3.36. The Bertz CT molecular complexity index is 599. The lowest BCUT2D eigenvalue weighted by molar-refractivity contribution is 0.0420. The second kappa shape index (κ2) is 4.92. The molecule has 1 nitrogen and oxygen atoms in total. The number of halogens is 1. The molecule has 3 rings (SSSR count). The Morgan fingerprint density at radius 2 is 1.68 bits per heavy atom. The summed E-state index contributed by atoms with van der Waals surface area (Å²) in [5.41, 5.74) is 1.11. The molecule has 1 saturated carbocycles. The van der Waals surface area contributed by atoms with E-state index >= 15 is 0 Å². The zero-order valence-corrected chi connectivity index (χ0v) is 12.8. The third-order valence-electron chi connectivity index (χ3n) is 4.61. The van der Waals surface area contributed by atoms with Gasteiger partial charge in [0.05, 0.1) is 6.10 Å². The van der Waals surface area contributed by atoms with Gasteiger partial charge in [0.1, 0.15) is 0 Å². The first kappa shape index (κ1) is 13.1. The van der Waals surface area contributed by atoms with E-state index in [1.807, 2.05) is 12.1 Å². The normalized spacial score (nSPS) is 19.7. The van der Waals surface area contributed by atoms with Gasteiger partial charge in [-0.15, -0.1) is 0 Å². The summed E-state index contributed by atoms with van der Waals surface area (Å²) in [7, 11) is 0. The first-order valence-corrected chi connectivity index (χ1v) is 7.76. The molecule has 0 bridgehead atoms. The Morgan fingerprint density at radius 1 is 1.05 bits per heavy atom. The van der Waals surface area contributed by atoms with Crippen molar-refractivity contribution in [2.24, 2.45) is 5.41 Å². The molecular weight excluding hydrogens is 300 g/mol. The van der Waals surface area contributed by atoms with Crippen LogP contribution in [0.1, 0.15) is 44.3 Å². The summed E-state index contributed by atoms with van der Waals surface area (Å²) in [5, 5.41) is 13.2. The van der Waals surface area contributed by atoms with Crippen molar-refractivity contribution in [3.05, 3.63) is 46.4 Å². The van der Waals surface area contributed by atoms with Gasteiger partial charge in [-0.2, -0.15) is 0 Å². The summed E-state index contributed by atoms with van der Waals surface area (Å²) in [5.74, 6) is 0. The minimum Gasteiger partial charge on any atom is -0.388 e. The average molecular weight is 319 g/mol. The summed E-state index contributed by atoms with van der Waals surface area (Å²) in [6.45, 7) is 2.22. The highest BCUT2D eigenvalue weighted by Gasteiger charge is 2.37. The standard InChI is InChI=1S/C17H19BrO/c1-17(10-4-5-11-17)16(19)14-8-9-15(18)13-7-3-2-6-12(13)14/h2-3,6-9,16,19H,4-5,10-11H2,1H3. The molecule has 19 heavy (non-hydrogen) atoms. The number of aliphatic hydroxyl groups is 1. The molecule has 1 aliphatic rings. The monoisotopic (exact) mass is 318 g/mol. The molecule has 0 heterocycles. The van der Waals surface area contributed by atoms with E-state index in [0.717, 1.165) is 28.3 Å². The van der Waals surface area contributed by atoms with Gasteiger partial charge in [-0.1, -0.05) is 66.0 Å². The van der Waals surface area contributed by atoms with E-state index in [9.17, 15) is 5.11 Å². The van der Waals surface area contributed by atoms with Crippen LogP contribution in [0.15, 0.2) is 40.9 Å². The van der Waals surface area contributed by atoms with Crippen LogP contribution >= 0.6 is 15.9 Å². The highest BCUT2D eigenvalue weighted by Crippen LogP contribution is 2.48. The molecule has 2 aromatic carbocycles. The summed E-state index contributed by atoms with van der Waals surface area (Å²) >= 11 is 3.60. The first-order valence-electron chi connectivity index (χ1n) is 6.97. The molecule has 1 unspecified atom stereocenters. The van der Waals surface area contributed by atoms with Gasteiger partial charge in [-0.05, 0) is 40.7 Å². The molecule has 0 saturated heterocycles. The van der Waals surface area contributed by atoms with Gasteiger partial charge < -0.3 is 5.11 Å². The Hall–Kier alpha value is -0.860. The van der Waals surface area contributed by atoms with Crippen LogP contribution in [0.5, 0.6) is 0 Å². The molecule has 0 aromatic heterocycles. The second-order valence-electron chi connectivity index (χ2n) is 5.95. The van der Waals surface area contributed by atoms with Crippen LogP contribution in [-0.4, -0.2) is 5.11 Å². The van der Waals surface area contributed by atoms with Crippen molar-refractivity contribution in [2.45, 2.75) is 38.7 Å². The number of benzene rings is 2. The third kappa shape index (κ3) is 2.21. The predicted molar refractivity (Wildman–Crippen MR) is 83.2 cm³/mol. The van der Waals surface area contributed by atoms with Crippen LogP contribution in [0.4, 0.5) is 0 Å². The van der Waals surface area contributed by atoms with Crippen molar-refractivity contribution >= 4 is 26.7 Å². The van der Waals surface area contributed by atoms with Crippen LogP contribution in [-0.2, 0) is 0 Å². The minimum absolute atomic E-state index is 0.0383. The van der Waals surface area contributed by atoms with Gasteiger partial charge in [0.25, 0.3) is 0 Å². The van der Waals surface area contributed by atoms with Crippen molar-refractivity contribution < 1.29 is 5.11 Å². The van der Waals surface area contributed by atoms with Crippen LogP contribution in [0, 0.1) is 5.41 Å². The molecule has 0 amide bonds. The molecule has 100 valence electrons. The zero-order valence-electron chi connectivity index (χ0n) is 11.2. The summed E-state index contributed by atoms with van der Waals surface area (Å²) < 4.78 is 1.09. The topological polar surface area (TPSA) is 20.2 Å². The van der Waals surface area contributed by atoms with Crippen molar-refractivity contribution in [1.82, 2.24) is 0 Å². The summed E-state index contributed by atoms with van der Waals surface area (Å²) in [6.07, 6.45) is 4.36. The zero-order chi connectivity index (χ0) is 13.5. The Labute approximate surface area is 122 Å². The van der Waals surface area contributed by atoms with Gasteiger partial charge in [0.15, 0.2) is 0 Å². The first-order chi connectivity index (χ1) is 9.12. The number of hydrogen-bond donors (Lipinski definition) is 1. The van der Waals surface area contributed by atoms with Gasteiger partial charge in [-0.3, -0.25) is 0 Å². The van der Waals surface area contributed by atoms with E-state index < -0.39 is 0 Å². The Balaban J connectivity index is 2.12. The summed E-state index contributed by atoms with van der Waals surface area (Å²) in [4.78, 5) is 0. The maximum Gasteiger partial charge on any atom is 0.0849 e. The number of rotatable bonds is 2. The van der Waals surface area contributed by atoms with Crippen LogP contribution in [0.2, 0.25) is 0 Å². The maximum atomic E-state index is 10.9. The van der Waals surface area contributed by atoms with E-state index in [1.165, 1.54) is 18.2 Å². The number of fused-ring (bicyclic) bond motifs is 1. The van der Waals surface area contributed by atoms with Gasteiger partial charge in [0.2, 0.25) is 0 Å². The molecule has 1 fully saturated rings. The van der Waals surface area contributed by atoms with Crippen LogP contribution in [0.3, 0.4) is 0 Å². The molecule has 2 aromatic rings. The van der Waals surface area contributed by atoms with Crippen LogP contribution in [0.25, 0.3) is 10.8 Å². The predicted octanol–water partition coefficient (Wildman–Crippen LogP) is 5.22. The van der Waals surface area contributed by atoms with Crippen LogP contribution < -0.4 is 0 Å². The number of hydrogen-bond acceptors (Lipinski definition) is 1. The SMILES string of the molecule is CC1(C(O)c2ccc(Br)c3ccccc23)CCCC1. The van der Waals surface area contributed by atoms with Crippen molar-refractivity contribution in [2.75, 3.05) is 0 Å². The van der Waals surface area contributed by atoms with Gasteiger partial charge in [0, 0.05) is 4.47 Å². The highest BCUT2D eigenvalue weighted by atomic mass is 79.9. The Morgan fingerprint density at radius 3 is 2.37 bits per heavy atom. The molecule has 0 spiro atoms.